The molecular weight excluding hydrogens is 348 g/mol. The number of carbonyl (C=O) groups excluding carboxylic acids is 1. The van der Waals surface area contributed by atoms with Crippen molar-refractivity contribution >= 4 is 11.7 Å². The summed E-state index contributed by atoms with van der Waals surface area (Å²) in [5.41, 5.74) is 2.58. The third-order valence-electron chi connectivity index (χ3n) is 4.27. The Balaban J connectivity index is 1.55. The van der Waals surface area contributed by atoms with E-state index >= 15 is 0 Å². The van der Waals surface area contributed by atoms with Crippen LogP contribution in [0.4, 0.5) is 5.82 Å². The summed E-state index contributed by atoms with van der Waals surface area (Å²) in [5, 5.41) is 17.9. The monoisotopic (exact) mass is 368 g/mol. The van der Waals surface area contributed by atoms with Crippen LogP contribution in [-0.2, 0) is 6.42 Å². The van der Waals surface area contributed by atoms with Gasteiger partial charge in [-0.15, -0.1) is 5.10 Å². The van der Waals surface area contributed by atoms with Gasteiger partial charge in [0.15, 0.2) is 23.0 Å². The molecule has 0 spiro atoms. The Hall–Kier alpha value is -3.36. The number of hydrogen-bond acceptors (Lipinski definition) is 6. The van der Waals surface area contributed by atoms with Crippen molar-refractivity contribution in [2.75, 3.05) is 18.5 Å². The van der Waals surface area contributed by atoms with Crippen molar-refractivity contribution in [3.05, 3.63) is 41.3 Å². The van der Waals surface area contributed by atoms with Crippen molar-refractivity contribution in [2.24, 2.45) is 0 Å². The molecule has 3 heterocycles. The minimum absolute atomic E-state index is 0.241. The third kappa shape index (κ3) is 3.35. The summed E-state index contributed by atoms with van der Waals surface area (Å²) >= 11 is 0. The number of H-pyrrole nitrogens is 1. The van der Waals surface area contributed by atoms with E-state index in [1.165, 1.54) is 0 Å². The number of nitrogens with zero attached hydrogens (tertiary/aromatic N) is 4. The fourth-order valence-corrected chi connectivity index (χ4v) is 2.95. The second-order valence-electron chi connectivity index (χ2n) is 6.25. The lowest BCUT2D eigenvalue weighted by molar-refractivity contribution is 0.102. The van der Waals surface area contributed by atoms with Gasteiger partial charge >= 0.3 is 0 Å². The number of aryl methyl sites for hydroxylation is 1. The molecule has 0 radical (unpaired) electrons. The summed E-state index contributed by atoms with van der Waals surface area (Å²) in [6.45, 7) is 4.91. The van der Waals surface area contributed by atoms with Gasteiger partial charge in [-0.05, 0) is 25.5 Å². The van der Waals surface area contributed by atoms with Gasteiger partial charge in [0.25, 0.3) is 5.91 Å². The maximum absolute atomic E-state index is 12.6. The standard InChI is InChI=1S/C18H20N6O3/c1-3-4-12-9-16(21-20-12)19-18(25)17-11(2)24(23-22-17)13-5-6-14-15(10-13)27-8-7-26-14/h5-6,9-10H,3-4,7-8H2,1-2H3,(H2,19,20,21,25). The number of benzene rings is 1. The van der Waals surface area contributed by atoms with Crippen molar-refractivity contribution in [3.8, 4) is 17.2 Å². The highest BCUT2D eigenvalue weighted by atomic mass is 16.6. The molecule has 0 unspecified atom stereocenters. The normalized spacial score (nSPS) is 12.8. The molecule has 2 aromatic heterocycles. The van der Waals surface area contributed by atoms with Crippen LogP contribution >= 0.6 is 0 Å². The Bertz CT molecular complexity index is 977. The van der Waals surface area contributed by atoms with Crippen LogP contribution in [0, 0.1) is 6.92 Å². The van der Waals surface area contributed by atoms with E-state index in [9.17, 15) is 4.79 Å². The molecule has 0 bridgehead atoms. The molecule has 0 aliphatic carbocycles. The van der Waals surface area contributed by atoms with E-state index in [0.29, 0.717) is 36.2 Å². The molecule has 2 N–H and O–H groups in total. The van der Waals surface area contributed by atoms with Gasteiger partial charge in [-0.2, -0.15) is 5.10 Å². The van der Waals surface area contributed by atoms with Crippen LogP contribution in [0.25, 0.3) is 5.69 Å². The highest BCUT2D eigenvalue weighted by molar-refractivity contribution is 6.03. The zero-order valence-corrected chi connectivity index (χ0v) is 15.2. The second kappa shape index (κ2) is 7.10. The maximum atomic E-state index is 12.6. The number of amides is 1. The first kappa shape index (κ1) is 17.1. The quantitative estimate of drug-likeness (QED) is 0.715. The lowest BCUT2D eigenvalue weighted by Crippen LogP contribution is -2.16. The summed E-state index contributed by atoms with van der Waals surface area (Å²) in [5.74, 6) is 1.46. The summed E-state index contributed by atoms with van der Waals surface area (Å²) in [6, 6.07) is 7.32. The molecule has 4 rings (SSSR count). The van der Waals surface area contributed by atoms with Gasteiger partial charge in [-0.1, -0.05) is 18.6 Å². The average Bonchev–Trinajstić information content (AvgIpc) is 3.28. The Morgan fingerprint density at radius 3 is 2.89 bits per heavy atom. The van der Waals surface area contributed by atoms with Crippen LogP contribution in [0.5, 0.6) is 11.5 Å². The number of rotatable bonds is 5. The van der Waals surface area contributed by atoms with Crippen LogP contribution < -0.4 is 14.8 Å². The lowest BCUT2D eigenvalue weighted by atomic mass is 10.2. The zero-order chi connectivity index (χ0) is 18.8. The first-order valence-electron chi connectivity index (χ1n) is 8.83. The van der Waals surface area contributed by atoms with Crippen molar-refractivity contribution in [1.82, 2.24) is 25.2 Å². The molecule has 9 heteroatoms. The van der Waals surface area contributed by atoms with E-state index in [4.69, 9.17) is 9.47 Å². The molecule has 9 nitrogen and oxygen atoms in total. The number of carbonyl (C=O) groups is 1. The first-order chi connectivity index (χ1) is 13.2. The Labute approximate surface area is 155 Å². The van der Waals surface area contributed by atoms with Gasteiger partial charge in [-0.25, -0.2) is 4.68 Å². The molecule has 140 valence electrons. The molecule has 3 aromatic rings. The van der Waals surface area contributed by atoms with Crippen LogP contribution in [-0.4, -0.2) is 44.3 Å². The number of nitrogens with one attached hydrogen (secondary N) is 2. The number of aromatic amines is 1. The highest BCUT2D eigenvalue weighted by Crippen LogP contribution is 2.32. The van der Waals surface area contributed by atoms with E-state index in [0.717, 1.165) is 24.2 Å². The molecule has 1 aliphatic rings. The highest BCUT2D eigenvalue weighted by Gasteiger charge is 2.20. The maximum Gasteiger partial charge on any atom is 0.279 e. The SMILES string of the molecule is CCCc1cc(NC(=O)c2nnn(-c3ccc4c(c3)OCCO4)c2C)n[nH]1. The summed E-state index contributed by atoms with van der Waals surface area (Å²) in [4.78, 5) is 12.6. The zero-order valence-electron chi connectivity index (χ0n) is 15.2. The van der Waals surface area contributed by atoms with E-state index < -0.39 is 0 Å². The number of fused-ring (bicyclic) bond motifs is 1. The van der Waals surface area contributed by atoms with Crippen LogP contribution in [0.3, 0.4) is 0 Å². The summed E-state index contributed by atoms with van der Waals surface area (Å²) in [7, 11) is 0. The lowest BCUT2D eigenvalue weighted by Gasteiger charge is -2.18. The largest absolute Gasteiger partial charge is 0.486 e. The van der Waals surface area contributed by atoms with E-state index in [-0.39, 0.29) is 11.6 Å². The van der Waals surface area contributed by atoms with Gasteiger partial charge in [0.1, 0.15) is 13.2 Å². The van der Waals surface area contributed by atoms with Crippen molar-refractivity contribution in [1.29, 1.82) is 0 Å². The minimum atomic E-state index is -0.356. The first-order valence-corrected chi connectivity index (χ1v) is 8.83. The van der Waals surface area contributed by atoms with E-state index in [1.54, 1.807) is 11.6 Å². The number of hydrogen-bond donors (Lipinski definition) is 2. The van der Waals surface area contributed by atoms with E-state index in [2.05, 4.69) is 32.7 Å². The molecular formula is C18H20N6O3. The second-order valence-corrected chi connectivity index (χ2v) is 6.25. The van der Waals surface area contributed by atoms with Crippen LogP contribution in [0.2, 0.25) is 0 Å². The molecule has 1 aliphatic heterocycles. The van der Waals surface area contributed by atoms with Gasteiger partial charge in [-0.3, -0.25) is 9.89 Å². The van der Waals surface area contributed by atoms with E-state index in [1.807, 2.05) is 24.3 Å². The Morgan fingerprint density at radius 2 is 2.07 bits per heavy atom. The fourth-order valence-electron chi connectivity index (χ4n) is 2.95. The molecule has 0 fully saturated rings. The molecule has 0 saturated heterocycles. The average molecular weight is 368 g/mol. The molecule has 0 atom stereocenters. The Kier molecular flexibility index (Phi) is 4.49. The van der Waals surface area contributed by atoms with Crippen LogP contribution in [0.1, 0.15) is 35.2 Å². The Morgan fingerprint density at radius 1 is 1.26 bits per heavy atom. The number of aromatic nitrogens is 5. The third-order valence-corrected chi connectivity index (χ3v) is 4.27. The minimum Gasteiger partial charge on any atom is -0.486 e. The predicted octanol–water partition coefficient (Wildman–Crippen LogP) is 2.27. The smallest absolute Gasteiger partial charge is 0.279 e. The predicted molar refractivity (Wildman–Crippen MR) is 97.6 cm³/mol. The molecule has 27 heavy (non-hydrogen) atoms. The molecule has 1 amide bonds. The van der Waals surface area contributed by atoms with Crippen molar-refractivity contribution in [2.45, 2.75) is 26.7 Å². The van der Waals surface area contributed by atoms with Gasteiger partial charge in [0.2, 0.25) is 0 Å². The van der Waals surface area contributed by atoms with Crippen LogP contribution in [0.15, 0.2) is 24.3 Å². The van der Waals surface area contributed by atoms with Crippen molar-refractivity contribution < 1.29 is 14.3 Å². The molecule has 0 saturated carbocycles. The topological polar surface area (TPSA) is 107 Å². The number of ether oxygens (including phenoxy) is 2. The van der Waals surface area contributed by atoms with Gasteiger partial charge in [0, 0.05) is 17.8 Å². The van der Waals surface area contributed by atoms with Crippen molar-refractivity contribution in [3.63, 3.8) is 0 Å². The molecule has 1 aromatic carbocycles. The van der Waals surface area contributed by atoms with Gasteiger partial charge in [0.05, 0.1) is 11.4 Å². The summed E-state index contributed by atoms with van der Waals surface area (Å²) < 4.78 is 12.7. The summed E-state index contributed by atoms with van der Waals surface area (Å²) in [6.07, 6.45) is 1.88. The fraction of sp³-hybridized carbons (Fsp3) is 0.333. The number of anilines is 1. The van der Waals surface area contributed by atoms with Gasteiger partial charge < -0.3 is 14.8 Å².